The molecule has 1 rings (SSSR count). The highest BCUT2D eigenvalue weighted by Crippen LogP contribution is 2.49. The van der Waals surface area contributed by atoms with E-state index < -0.39 is 8.32 Å². The first-order valence-electron chi connectivity index (χ1n) is 5.49. The summed E-state index contributed by atoms with van der Waals surface area (Å²) >= 11 is 0. The highest BCUT2D eigenvalue weighted by atomic mass is 28.4. The summed E-state index contributed by atoms with van der Waals surface area (Å²) < 4.78 is 6.25. The fraction of sp³-hybridized carbons (Fsp3) is 1.00. The van der Waals surface area contributed by atoms with Crippen molar-refractivity contribution in [3.8, 4) is 0 Å². The third-order valence-electron chi connectivity index (χ3n) is 3.77. The lowest BCUT2D eigenvalue weighted by atomic mass is 10.2. The molecule has 1 atom stereocenters. The molecule has 1 saturated carbocycles. The molecule has 1 N–H and O–H groups in total. The Labute approximate surface area is 88.8 Å². The molecule has 0 aromatic heterocycles. The molecule has 1 unspecified atom stereocenters. The van der Waals surface area contributed by atoms with Crippen molar-refractivity contribution in [3.63, 3.8) is 0 Å². The Morgan fingerprint density at radius 3 is 1.93 bits per heavy atom. The van der Waals surface area contributed by atoms with Crippen molar-refractivity contribution >= 4 is 8.32 Å². The van der Waals surface area contributed by atoms with Gasteiger partial charge in [0.05, 0.1) is 11.7 Å². The summed E-state index contributed by atoms with van der Waals surface area (Å²) in [5.41, 5.74) is -0.191. The van der Waals surface area contributed by atoms with E-state index in [4.69, 9.17) is 4.43 Å². The molecule has 0 amide bonds. The molecule has 0 aromatic rings. The summed E-state index contributed by atoms with van der Waals surface area (Å²) in [5.74, 6) is 0. The highest BCUT2D eigenvalue weighted by molar-refractivity contribution is 6.74. The molecule has 0 saturated heterocycles. The van der Waals surface area contributed by atoms with Gasteiger partial charge in [0, 0.05) is 0 Å². The first-order valence-corrected chi connectivity index (χ1v) is 8.40. The summed E-state index contributed by atoms with van der Waals surface area (Å²) in [6.45, 7) is 13.0. The Balaban J connectivity index is 2.69. The van der Waals surface area contributed by atoms with Gasteiger partial charge >= 0.3 is 0 Å². The molecule has 1 fully saturated rings. The maximum absolute atomic E-state index is 9.67. The van der Waals surface area contributed by atoms with Crippen LogP contribution in [-0.4, -0.2) is 25.1 Å². The largest absolute Gasteiger partial charge is 0.409 e. The molecule has 1 aliphatic carbocycles. The SMILES string of the molecule is CC(O)C1(O[Si](C)(C)C(C)(C)C)CC1. The predicted octanol–water partition coefficient (Wildman–Crippen LogP) is 2.92. The predicted molar refractivity (Wildman–Crippen MR) is 61.9 cm³/mol. The monoisotopic (exact) mass is 216 g/mol. The van der Waals surface area contributed by atoms with Gasteiger partial charge in [0.2, 0.25) is 0 Å². The van der Waals surface area contributed by atoms with Gasteiger partial charge in [-0.2, -0.15) is 0 Å². The zero-order chi connectivity index (χ0) is 11.2. The summed E-state index contributed by atoms with van der Waals surface area (Å²) in [6.07, 6.45) is 1.73. The minimum atomic E-state index is -1.70. The molecule has 0 spiro atoms. The van der Waals surface area contributed by atoms with Gasteiger partial charge in [-0.25, -0.2) is 0 Å². The second-order valence-corrected chi connectivity index (χ2v) is 10.8. The zero-order valence-corrected chi connectivity index (χ0v) is 11.3. The van der Waals surface area contributed by atoms with Crippen molar-refractivity contribution in [3.05, 3.63) is 0 Å². The average molecular weight is 216 g/mol. The van der Waals surface area contributed by atoms with Gasteiger partial charge in [0.15, 0.2) is 8.32 Å². The smallest absolute Gasteiger partial charge is 0.192 e. The third kappa shape index (κ3) is 2.20. The summed E-state index contributed by atoms with van der Waals surface area (Å²) in [4.78, 5) is 0. The van der Waals surface area contributed by atoms with Crippen molar-refractivity contribution in [2.75, 3.05) is 0 Å². The van der Waals surface area contributed by atoms with E-state index in [0.717, 1.165) is 12.8 Å². The van der Waals surface area contributed by atoms with Crippen LogP contribution < -0.4 is 0 Å². The quantitative estimate of drug-likeness (QED) is 0.735. The first-order chi connectivity index (χ1) is 6.11. The second-order valence-electron chi connectivity index (χ2n) is 6.10. The van der Waals surface area contributed by atoms with Gasteiger partial charge in [-0.1, -0.05) is 20.8 Å². The highest BCUT2D eigenvalue weighted by Gasteiger charge is 2.54. The van der Waals surface area contributed by atoms with Crippen molar-refractivity contribution < 1.29 is 9.53 Å². The van der Waals surface area contributed by atoms with E-state index in [2.05, 4.69) is 33.9 Å². The topological polar surface area (TPSA) is 29.5 Å². The maximum Gasteiger partial charge on any atom is 0.192 e. The molecule has 0 aliphatic heterocycles. The number of rotatable bonds is 3. The Bertz CT molecular complexity index is 212. The van der Waals surface area contributed by atoms with Gasteiger partial charge in [-0.05, 0) is 37.9 Å². The van der Waals surface area contributed by atoms with Crippen LogP contribution in [-0.2, 0) is 4.43 Å². The van der Waals surface area contributed by atoms with Crippen LogP contribution in [0.4, 0.5) is 0 Å². The van der Waals surface area contributed by atoms with Gasteiger partial charge in [0.1, 0.15) is 0 Å². The van der Waals surface area contributed by atoms with Crippen LogP contribution in [0, 0.1) is 0 Å². The van der Waals surface area contributed by atoms with Crippen LogP contribution >= 0.6 is 0 Å². The Kier molecular flexibility index (Phi) is 2.90. The number of aliphatic hydroxyl groups excluding tert-OH is 1. The number of hydrogen-bond donors (Lipinski definition) is 1. The third-order valence-corrected chi connectivity index (χ3v) is 8.30. The van der Waals surface area contributed by atoms with E-state index in [1.807, 2.05) is 6.92 Å². The van der Waals surface area contributed by atoms with E-state index in [1.54, 1.807) is 0 Å². The van der Waals surface area contributed by atoms with Crippen molar-refractivity contribution in [1.29, 1.82) is 0 Å². The molecular formula is C11H24O2Si. The van der Waals surface area contributed by atoms with Crippen molar-refractivity contribution in [2.45, 2.75) is 70.4 Å². The van der Waals surface area contributed by atoms with Gasteiger partial charge in [-0.15, -0.1) is 0 Å². The lowest BCUT2D eigenvalue weighted by Crippen LogP contribution is -2.47. The fourth-order valence-corrected chi connectivity index (χ4v) is 3.09. The van der Waals surface area contributed by atoms with Gasteiger partial charge in [-0.3, -0.25) is 0 Å². The lowest BCUT2D eigenvalue weighted by Gasteiger charge is -2.40. The van der Waals surface area contributed by atoms with Crippen LogP contribution in [0.25, 0.3) is 0 Å². The molecule has 0 aromatic carbocycles. The van der Waals surface area contributed by atoms with Crippen molar-refractivity contribution in [1.82, 2.24) is 0 Å². The standard InChI is InChI=1S/C11H24O2Si/c1-9(12)11(7-8-11)13-14(5,6)10(2,3)4/h9,12H,7-8H2,1-6H3. The van der Waals surface area contributed by atoms with Gasteiger partial charge < -0.3 is 9.53 Å². The van der Waals surface area contributed by atoms with Crippen LogP contribution in [0.5, 0.6) is 0 Å². The second kappa shape index (κ2) is 3.32. The number of hydrogen-bond acceptors (Lipinski definition) is 2. The molecular weight excluding hydrogens is 192 g/mol. The maximum atomic E-state index is 9.67. The van der Waals surface area contributed by atoms with Crippen LogP contribution in [0.3, 0.4) is 0 Å². The van der Waals surface area contributed by atoms with Crippen LogP contribution in [0.1, 0.15) is 40.5 Å². The average Bonchev–Trinajstić information content (AvgIpc) is 2.65. The van der Waals surface area contributed by atoms with Crippen LogP contribution in [0.15, 0.2) is 0 Å². The minimum absolute atomic E-state index is 0.191. The van der Waals surface area contributed by atoms with E-state index in [1.165, 1.54) is 0 Å². The minimum Gasteiger partial charge on any atom is -0.409 e. The molecule has 0 heterocycles. The Hall–Kier alpha value is 0.137. The molecule has 0 bridgehead atoms. The van der Waals surface area contributed by atoms with E-state index in [0.29, 0.717) is 0 Å². The normalized spacial score (nSPS) is 23.4. The molecule has 3 heteroatoms. The van der Waals surface area contributed by atoms with Crippen molar-refractivity contribution in [2.24, 2.45) is 0 Å². The summed E-state index contributed by atoms with van der Waals surface area (Å²) in [6, 6.07) is 0. The van der Waals surface area contributed by atoms with Crippen LogP contribution in [0.2, 0.25) is 18.1 Å². The van der Waals surface area contributed by atoms with E-state index >= 15 is 0 Å². The Morgan fingerprint density at radius 1 is 1.29 bits per heavy atom. The molecule has 84 valence electrons. The number of aliphatic hydroxyl groups is 1. The molecule has 2 nitrogen and oxygen atoms in total. The summed E-state index contributed by atoms with van der Waals surface area (Å²) in [5, 5.41) is 9.90. The fourth-order valence-electron chi connectivity index (χ4n) is 1.39. The molecule has 1 aliphatic rings. The first kappa shape index (κ1) is 12.2. The summed E-state index contributed by atoms with van der Waals surface area (Å²) in [7, 11) is -1.70. The molecule has 0 radical (unpaired) electrons. The van der Waals surface area contributed by atoms with Gasteiger partial charge in [0.25, 0.3) is 0 Å². The Morgan fingerprint density at radius 2 is 1.71 bits per heavy atom. The zero-order valence-electron chi connectivity index (χ0n) is 10.3. The molecule has 14 heavy (non-hydrogen) atoms. The lowest BCUT2D eigenvalue weighted by molar-refractivity contribution is 0.0200. The van der Waals surface area contributed by atoms with E-state index in [9.17, 15) is 5.11 Å². The van der Waals surface area contributed by atoms with E-state index in [-0.39, 0.29) is 16.7 Å².